The molecule has 0 bridgehead atoms. The van der Waals surface area contributed by atoms with E-state index < -0.39 is 42.9 Å². The number of carbonyl (C=O) groups is 4. The smallest absolute Gasteiger partial charge is 0.326 e. The van der Waals surface area contributed by atoms with Crippen molar-refractivity contribution in [2.75, 3.05) is 19.6 Å². The molecule has 1 saturated heterocycles. The highest BCUT2D eigenvalue weighted by atomic mass is 16.4. The Morgan fingerprint density at radius 2 is 1.65 bits per heavy atom. The van der Waals surface area contributed by atoms with Crippen LogP contribution in [0.3, 0.4) is 0 Å². The summed E-state index contributed by atoms with van der Waals surface area (Å²) in [7, 11) is 0. The van der Waals surface area contributed by atoms with Gasteiger partial charge in [-0.15, -0.1) is 0 Å². The van der Waals surface area contributed by atoms with E-state index in [1.165, 1.54) is 0 Å². The number of rotatable bonds is 5. The molecule has 1 aliphatic rings. The van der Waals surface area contributed by atoms with Gasteiger partial charge in [0.1, 0.15) is 19.1 Å². The number of hydrogen-bond donors (Lipinski definition) is 3. The van der Waals surface area contributed by atoms with E-state index in [0.29, 0.717) is 19.3 Å². The van der Waals surface area contributed by atoms with Crippen molar-refractivity contribution in [3.8, 4) is 0 Å². The van der Waals surface area contributed by atoms with Crippen LogP contribution in [0.4, 0.5) is 4.79 Å². The maximum atomic E-state index is 12.3. The number of primary amides is 2. The molecular formula is C11H18N4O5. The molecule has 0 aromatic carbocycles. The third-order valence-electron chi connectivity index (χ3n) is 3.00. The van der Waals surface area contributed by atoms with Gasteiger partial charge in [0.25, 0.3) is 0 Å². The van der Waals surface area contributed by atoms with Crippen molar-refractivity contribution >= 4 is 23.8 Å². The Kier molecular flexibility index (Phi) is 5.30. The van der Waals surface area contributed by atoms with Crippen molar-refractivity contribution in [1.29, 1.82) is 0 Å². The molecule has 1 rings (SSSR count). The lowest BCUT2D eigenvalue weighted by Gasteiger charge is -2.36. The molecule has 9 nitrogen and oxygen atoms in total. The van der Waals surface area contributed by atoms with E-state index in [1.54, 1.807) is 0 Å². The summed E-state index contributed by atoms with van der Waals surface area (Å²) in [5.41, 5.74) is 10.0. The molecule has 4 amide bonds. The Balaban J connectivity index is 2.87. The van der Waals surface area contributed by atoms with Gasteiger partial charge in [-0.3, -0.25) is 9.59 Å². The minimum Gasteiger partial charge on any atom is -0.480 e. The van der Waals surface area contributed by atoms with E-state index in [0.717, 1.165) is 9.80 Å². The highest BCUT2D eigenvalue weighted by molar-refractivity contribution is 5.89. The summed E-state index contributed by atoms with van der Waals surface area (Å²) in [4.78, 5) is 47.3. The number of likely N-dealkylation sites (tertiary alicyclic amines) is 1. The minimum atomic E-state index is -1.11. The van der Waals surface area contributed by atoms with Crippen LogP contribution in [0.15, 0.2) is 0 Å². The van der Waals surface area contributed by atoms with E-state index >= 15 is 0 Å². The largest absolute Gasteiger partial charge is 0.480 e. The van der Waals surface area contributed by atoms with Crippen molar-refractivity contribution in [2.45, 2.75) is 25.3 Å². The lowest BCUT2D eigenvalue weighted by atomic mass is 10.0. The zero-order valence-electron chi connectivity index (χ0n) is 10.9. The van der Waals surface area contributed by atoms with Gasteiger partial charge in [-0.1, -0.05) is 0 Å². The summed E-state index contributed by atoms with van der Waals surface area (Å²) in [5.74, 6) is -2.72. The lowest BCUT2D eigenvalue weighted by molar-refractivity contribution is -0.143. The van der Waals surface area contributed by atoms with Gasteiger partial charge in [-0.05, 0) is 19.3 Å². The number of amides is 4. The second-order valence-corrected chi connectivity index (χ2v) is 4.61. The standard InChI is InChI=1S/C11H18N4O5/c12-8(16)5-14(6-9(13)17)11(20)15-4-2-1-3-7(15)10(18)19/h7H,1-6H2,(H2,12,16)(H2,13,17)(H,18,19). The first-order chi connectivity index (χ1) is 9.32. The van der Waals surface area contributed by atoms with Crippen molar-refractivity contribution in [3.05, 3.63) is 0 Å². The number of aliphatic carboxylic acids is 1. The molecular weight excluding hydrogens is 268 g/mol. The maximum absolute atomic E-state index is 12.3. The zero-order chi connectivity index (χ0) is 15.3. The lowest BCUT2D eigenvalue weighted by Crippen LogP contribution is -2.55. The summed E-state index contributed by atoms with van der Waals surface area (Å²) >= 11 is 0. The quantitative estimate of drug-likeness (QED) is 0.552. The van der Waals surface area contributed by atoms with Gasteiger partial charge in [-0.25, -0.2) is 9.59 Å². The van der Waals surface area contributed by atoms with E-state index in [-0.39, 0.29) is 6.54 Å². The fourth-order valence-corrected chi connectivity index (χ4v) is 2.17. The van der Waals surface area contributed by atoms with Crippen LogP contribution in [0.5, 0.6) is 0 Å². The number of carboxylic acids is 1. The van der Waals surface area contributed by atoms with Gasteiger partial charge in [-0.2, -0.15) is 0 Å². The number of urea groups is 1. The van der Waals surface area contributed by atoms with Gasteiger partial charge in [0.2, 0.25) is 11.8 Å². The molecule has 1 heterocycles. The van der Waals surface area contributed by atoms with Crippen LogP contribution < -0.4 is 11.5 Å². The summed E-state index contributed by atoms with van der Waals surface area (Å²) in [6, 6.07) is -1.67. The molecule has 1 aliphatic heterocycles. The third-order valence-corrected chi connectivity index (χ3v) is 3.00. The van der Waals surface area contributed by atoms with Crippen LogP contribution in [0.2, 0.25) is 0 Å². The first-order valence-electron chi connectivity index (χ1n) is 6.18. The topological polar surface area (TPSA) is 147 Å². The van der Waals surface area contributed by atoms with Crippen LogP contribution in [-0.2, 0) is 14.4 Å². The summed E-state index contributed by atoms with van der Waals surface area (Å²) in [5, 5.41) is 9.11. The predicted molar refractivity (Wildman–Crippen MR) is 67.3 cm³/mol. The zero-order valence-corrected chi connectivity index (χ0v) is 10.9. The molecule has 9 heteroatoms. The molecule has 0 saturated carbocycles. The van der Waals surface area contributed by atoms with Gasteiger partial charge in [0.15, 0.2) is 0 Å². The molecule has 0 aromatic heterocycles. The average Bonchev–Trinajstić information content (AvgIpc) is 2.36. The molecule has 0 aliphatic carbocycles. The maximum Gasteiger partial charge on any atom is 0.326 e. The van der Waals surface area contributed by atoms with Gasteiger partial charge >= 0.3 is 12.0 Å². The van der Waals surface area contributed by atoms with Crippen molar-refractivity contribution < 1.29 is 24.3 Å². The molecule has 0 radical (unpaired) electrons. The first-order valence-corrected chi connectivity index (χ1v) is 6.18. The van der Waals surface area contributed by atoms with Crippen molar-refractivity contribution in [3.63, 3.8) is 0 Å². The number of nitrogens with zero attached hydrogens (tertiary/aromatic N) is 2. The Bertz CT molecular complexity index is 409. The predicted octanol–water partition coefficient (Wildman–Crippen LogP) is -1.68. The number of hydrogen-bond acceptors (Lipinski definition) is 4. The highest BCUT2D eigenvalue weighted by Gasteiger charge is 2.35. The van der Waals surface area contributed by atoms with Gasteiger partial charge in [0.05, 0.1) is 0 Å². The fraction of sp³-hybridized carbons (Fsp3) is 0.636. The monoisotopic (exact) mass is 286 g/mol. The Labute approximate surface area is 115 Å². The molecule has 0 spiro atoms. The fourth-order valence-electron chi connectivity index (χ4n) is 2.17. The van der Waals surface area contributed by atoms with Gasteiger partial charge < -0.3 is 26.4 Å². The molecule has 5 N–H and O–H groups in total. The molecule has 1 atom stereocenters. The number of piperidine rings is 1. The van der Waals surface area contributed by atoms with Crippen molar-refractivity contribution in [2.24, 2.45) is 11.5 Å². The minimum absolute atomic E-state index is 0.254. The van der Waals surface area contributed by atoms with E-state index in [9.17, 15) is 19.2 Å². The van der Waals surface area contributed by atoms with Crippen molar-refractivity contribution in [1.82, 2.24) is 9.80 Å². The highest BCUT2D eigenvalue weighted by Crippen LogP contribution is 2.18. The normalized spacial score (nSPS) is 18.4. The van der Waals surface area contributed by atoms with Crippen LogP contribution in [0, 0.1) is 0 Å². The van der Waals surface area contributed by atoms with E-state index in [2.05, 4.69) is 0 Å². The SMILES string of the molecule is NC(=O)CN(CC(N)=O)C(=O)N1CCCCC1C(=O)O. The van der Waals surface area contributed by atoms with Crippen LogP contribution in [0.1, 0.15) is 19.3 Å². The van der Waals surface area contributed by atoms with Crippen LogP contribution in [0.25, 0.3) is 0 Å². The second kappa shape index (κ2) is 6.73. The second-order valence-electron chi connectivity index (χ2n) is 4.61. The summed E-state index contributed by atoms with van der Waals surface area (Å²) in [6.45, 7) is -0.709. The Hall–Kier alpha value is -2.32. The summed E-state index contributed by atoms with van der Waals surface area (Å²) in [6.07, 6.45) is 1.70. The third kappa shape index (κ3) is 4.11. The van der Waals surface area contributed by atoms with E-state index in [4.69, 9.17) is 16.6 Å². The Morgan fingerprint density at radius 1 is 1.10 bits per heavy atom. The Morgan fingerprint density at radius 3 is 2.10 bits per heavy atom. The molecule has 20 heavy (non-hydrogen) atoms. The molecule has 112 valence electrons. The summed E-state index contributed by atoms with van der Waals surface area (Å²) < 4.78 is 0. The number of carbonyl (C=O) groups excluding carboxylic acids is 3. The molecule has 0 aromatic rings. The van der Waals surface area contributed by atoms with E-state index in [1.807, 2.05) is 0 Å². The van der Waals surface area contributed by atoms with Crippen LogP contribution >= 0.6 is 0 Å². The number of nitrogens with two attached hydrogens (primary N) is 2. The molecule has 1 fully saturated rings. The van der Waals surface area contributed by atoms with Crippen LogP contribution in [-0.4, -0.2) is 64.4 Å². The number of carboxylic acid groups (broad SMARTS) is 1. The average molecular weight is 286 g/mol. The van der Waals surface area contributed by atoms with Gasteiger partial charge in [0, 0.05) is 6.54 Å². The molecule has 1 unspecified atom stereocenters. The first kappa shape index (κ1) is 15.7.